The number of nitrogens with one attached hydrogen (secondary N) is 1. The van der Waals surface area contributed by atoms with Crippen LogP contribution in [0.15, 0.2) is 35.7 Å². The van der Waals surface area contributed by atoms with E-state index in [4.69, 9.17) is 23.2 Å². The third kappa shape index (κ3) is 3.73. The highest BCUT2D eigenvalue weighted by Crippen LogP contribution is 2.30. The molecule has 2 atom stereocenters. The van der Waals surface area contributed by atoms with Crippen molar-refractivity contribution in [1.82, 2.24) is 5.32 Å². The number of benzene rings is 1. The van der Waals surface area contributed by atoms with Gasteiger partial charge in [0.1, 0.15) is 0 Å². The second kappa shape index (κ2) is 6.76. The zero-order valence-corrected chi connectivity index (χ0v) is 13.3. The molecule has 1 N–H and O–H groups in total. The molecule has 1 aromatic carbocycles. The number of hydrogen-bond acceptors (Lipinski definition) is 2. The van der Waals surface area contributed by atoms with Crippen LogP contribution in [0.1, 0.15) is 42.8 Å². The van der Waals surface area contributed by atoms with E-state index in [2.05, 4.69) is 36.7 Å². The summed E-state index contributed by atoms with van der Waals surface area (Å²) in [4.78, 5) is 1.36. The van der Waals surface area contributed by atoms with E-state index in [1.54, 1.807) is 17.4 Å². The average molecular weight is 314 g/mol. The van der Waals surface area contributed by atoms with Crippen molar-refractivity contribution in [3.8, 4) is 0 Å². The fourth-order valence-electron chi connectivity index (χ4n) is 2.13. The molecule has 0 aliphatic rings. The van der Waals surface area contributed by atoms with E-state index >= 15 is 0 Å². The monoisotopic (exact) mass is 313 g/mol. The van der Waals surface area contributed by atoms with E-state index in [-0.39, 0.29) is 6.04 Å². The molecule has 0 bridgehead atoms. The van der Waals surface area contributed by atoms with Gasteiger partial charge in [-0.15, -0.1) is 11.3 Å². The number of halogens is 2. The summed E-state index contributed by atoms with van der Waals surface area (Å²) in [6.07, 6.45) is 1.05. The quantitative estimate of drug-likeness (QED) is 0.729. The Morgan fingerprint density at radius 1 is 1.26 bits per heavy atom. The largest absolute Gasteiger partial charge is 0.303 e. The van der Waals surface area contributed by atoms with Crippen molar-refractivity contribution in [2.24, 2.45) is 0 Å². The topological polar surface area (TPSA) is 12.0 Å². The number of hydrogen-bond donors (Lipinski definition) is 1. The minimum Gasteiger partial charge on any atom is -0.303 e. The standard InChI is InChI=1S/C15H17Cl2NS/c1-3-14(15-5-4-8-19-15)18-10(2)12-7-6-11(16)9-13(12)17/h4-10,14,18H,3H2,1-2H3. The molecule has 0 amide bonds. The predicted octanol–water partition coefficient (Wildman–Crippen LogP) is 5.86. The van der Waals surface area contributed by atoms with Crippen LogP contribution in [0.2, 0.25) is 10.0 Å². The molecule has 2 rings (SSSR count). The van der Waals surface area contributed by atoms with Crippen LogP contribution in [0.3, 0.4) is 0 Å². The van der Waals surface area contributed by atoms with Crippen molar-refractivity contribution in [2.45, 2.75) is 32.4 Å². The molecule has 0 fully saturated rings. The molecule has 0 saturated heterocycles. The van der Waals surface area contributed by atoms with Crippen LogP contribution in [-0.4, -0.2) is 0 Å². The zero-order chi connectivity index (χ0) is 13.8. The Hall–Kier alpha value is -0.540. The molecule has 0 radical (unpaired) electrons. The molecule has 1 nitrogen and oxygen atoms in total. The molecule has 4 heteroatoms. The molecule has 1 aromatic heterocycles. The third-order valence-corrected chi connectivity index (χ3v) is 4.72. The van der Waals surface area contributed by atoms with Crippen LogP contribution >= 0.6 is 34.5 Å². The van der Waals surface area contributed by atoms with Crippen LogP contribution in [0.4, 0.5) is 0 Å². The molecular weight excluding hydrogens is 297 g/mol. The second-order valence-corrected chi connectivity index (χ2v) is 6.35. The maximum Gasteiger partial charge on any atom is 0.0468 e. The van der Waals surface area contributed by atoms with E-state index in [1.807, 2.05) is 12.1 Å². The average Bonchev–Trinajstić information content (AvgIpc) is 2.89. The molecule has 0 spiro atoms. The molecule has 102 valence electrons. The SMILES string of the molecule is CCC(NC(C)c1ccc(Cl)cc1Cl)c1cccs1. The van der Waals surface area contributed by atoms with Crippen LogP contribution in [0.25, 0.3) is 0 Å². The smallest absolute Gasteiger partial charge is 0.0468 e. The van der Waals surface area contributed by atoms with E-state index in [1.165, 1.54) is 4.88 Å². The van der Waals surface area contributed by atoms with Gasteiger partial charge >= 0.3 is 0 Å². The lowest BCUT2D eigenvalue weighted by molar-refractivity contribution is 0.462. The van der Waals surface area contributed by atoms with E-state index < -0.39 is 0 Å². The molecule has 0 aliphatic heterocycles. The normalized spacial score (nSPS) is 14.3. The minimum absolute atomic E-state index is 0.191. The highest BCUT2D eigenvalue weighted by atomic mass is 35.5. The second-order valence-electron chi connectivity index (χ2n) is 4.53. The Kier molecular flexibility index (Phi) is 5.28. The van der Waals surface area contributed by atoms with E-state index in [0.29, 0.717) is 16.1 Å². The molecule has 0 saturated carbocycles. The fourth-order valence-corrected chi connectivity index (χ4v) is 3.58. The van der Waals surface area contributed by atoms with Gasteiger partial charge in [0, 0.05) is 27.0 Å². The van der Waals surface area contributed by atoms with E-state index in [9.17, 15) is 0 Å². The Balaban J connectivity index is 2.13. The van der Waals surface area contributed by atoms with Gasteiger partial charge in [0.2, 0.25) is 0 Å². The van der Waals surface area contributed by atoms with Gasteiger partial charge < -0.3 is 5.32 Å². The van der Waals surface area contributed by atoms with Gasteiger partial charge in [-0.3, -0.25) is 0 Å². The maximum absolute atomic E-state index is 6.25. The van der Waals surface area contributed by atoms with Gasteiger partial charge in [0.15, 0.2) is 0 Å². The predicted molar refractivity (Wildman–Crippen MR) is 85.4 cm³/mol. The highest BCUT2D eigenvalue weighted by Gasteiger charge is 2.16. The van der Waals surface area contributed by atoms with Crippen molar-refractivity contribution in [1.29, 1.82) is 0 Å². The summed E-state index contributed by atoms with van der Waals surface area (Å²) in [5, 5.41) is 7.13. The van der Waals surface area contributed by atoms with Gasteiger partial charge in [-0.2, -0.15) is 0 Å². The Labute approximate surface area is 128 Å². The first kappa shape index (κ1) is 14.9. The summed E-state index contributed by atoms with van der Waals surface area (Å²) >= 11 is 14.0. The van der Waals surface area contributed by atoms with Crippen molar-refractivity contribution < 1.29 is 0 Å². The molecular formula is C15H17Cl2NS. The lowest BCUT2D eigenvalue weighted by atomic mass is 10.1. The van der Waals surface area contributed by atoms with Crippen LogP contribution < -0.4 is 5.32 Å². The minimum atomic E-state index is 0.191. The Morgan fingerprint density at radius 3 is 2.63 bits per heavy atom. The zero-order valence-electron chi connectivity index (χ0n) is 11.0. The highest BCUT2D eigenvalue weighted by molar-refractivity contribution is 7.10. The van der Waals surface area contributed by atoms with Crippen LogP contribution in [-0.2, 0) is 0 Å². The molecule has 2 aromatic rings. The van der Waals surface area contributed by atoms with Gasteiger partial charge in [-0.05, 0) is 42.5 Å². The Bertz CT molecular complexity index is 525. The summed E-state index contributed by atoms with van der Waals surface area (Å²) in [7, 11) is 0. The first-order valence-electron chi connectivity index (χ1n) is 6.36. The van der Waals surface area contributed by atoms with Crippen LogP contribution in [0.5, 0.6) is 0 Å². The van der Waals surface area contributed by atoms with Crippen molar-refractivity contribution in [3.05, 3.63) is 56.2 Å². The van der Waals surface area contributed by atoms with Crippen LogP contribution in [0, 0.1) is 0 Å². The first-order chi connectivity index (χ1) is 9.11. The van der Waals surface area contributed by atoms with Gasteiger partial charge in [-0.25, -0.2) is 0 Å². The Morgan fingerprint density at radius 2 is 2.05 bits per heavy atom. The van der Waals surface area contributed by atoms with Crippen molar-refractivity contribution >= 4 is 34.5 Å². The van der Waals surface area contributed by atoms with Crippen molar-refractivity contribution in [2.75, 3.05) is 0 Å². The fraction of sp³-hybridized carbons (Fsp3) is 0.333. The lowest BCUT2D eigenvalue weighted by Gasteiger charge is -2.22. The number of thiophene rings is 1. The van der Waals surface area contributed by atoms with Crippen molar-refractivity contribution in [3.63, 3.8) is 0 Å². The summed E-state index contributed by atoms with van der Waals surface area (Å²) in [6, 6.07) is 10.5. The maximum atomic E-state index is 6.25. The molecule has 1 heterocycles. The first-order valence-corrected chi connectivity index (χ1v) is 7.99. The third-order valence-electron chi connectivity index (χ3n) is 3.18. The van der Waals surface area contributed by atoms with E-state index in [0.717, 1.165) is 12.0 Å². The van der Waals surface area contributed by atoms with Gasteiger partial charge in [0.25, 0.3) is 0 Å². The van der Waals surface area contributed by atoms with Gasteiger partial charge in [0.05, 0.1) is 0 Å². The number of rotatable bonds is 5. The summed E-state index contributed by atoms with van der Waals surface area (Å²) in [6.45, 7) is 4.32. The molecule has 2 unspecified atom stereocenters. The molecule has 0 aliphatic carbocycles. The summed E-state index contributed by atoms with van der Waals surface area (Å²) in [5.74, 6) is 0. The molecule has 19 heavy (non-hydrogen) atoms. The lowest BCUT2D eigenvalue weighted by Crippen LogP contribution is -2.23. The summed E-state index contributed by atoms with van der Waals surface area (Å²) < 4.78 is 0. The summed E-state index contributed by atoms with van der Waals surface area (Å²) in [5.41, 5.74) is 1.08. The van der Waals surface area contributed by atoms with Gasteiger partial charge in [-0.1, -0.05) is 42.3 Å².